The molecule has 3 aromatic rings. The molecule has 4 rings (SSSR count). The Morgan fingerprint density at radius 1 is 0.821 bits per heavy atom. The molecule has 2 atom stereocenters. The van der Waals surface area contributed by atoms with Gasteiger partial charge in [0.25, 0.3) is 0 Å². The molecule has 0 radical (unpaired) electrons. The lowest BCUT2D eigenvalue weighted by Gasteiger charge is -2.58. The van der Waals surface area contributed by atoms with E-state index in [1.807, 2.05) is 0 Å². The molecule has 1 aliphatic rings. The highest BCUT2D eigenvalue weighted by molar-refractivity contribution is 6.08. The summed E-state index contributed by atoms with van der Waals surface area (Å²) in [5, 5.41) is 5.63. The zero-order valence-electron chi connectivity index (χ0n) is 18.8. The molecule has 3 aromatic carbocycles. The fourth-order valence-corrected chi connectivity index (χ4v) is 6.63. The van der Waals surface area contributed by atoms with E-state index in [4.69, 9.17) is 0 Å². The molecule has 0 bridgehead atoms. The molecule has 0 heteroatoms. The van der Waals surface area contributed by atoms with Crippen LogP contribution in [0.1, 0.15) is 72.4 Å². The fourth-order valence-electron chi connectivity index (χ4n) is 6.63. The summed E-state index contributed by atoms with van der Waals surface area (Å²) in [5.74, 6) is 0.690. The maximum Gasteiger partial charge on any atom is 0.00351 e. The minimum atomic E-state index is 0.207. The van der Waals surface area contributed by atoms with Crippen molar-refractivity contribution < 1.29 is 0 Å². The fraction of sp³-hybridized carbons (Fsp3) is 0.500. The summed E-state index contributed by atoms with van der Waals surface area (Å²) < 4.78 is 0. The van der Waals surface area contributed by atoms with Crippen LogP contribution in [-0.2, 0) is 11.8 Å². The van der Waals surface area contributed by atoms with Crippen LogP contribution in [0.25, 0.3) is 21.5 Å². The van der Waals surface area contributed by atoms with Gasteiger partial charge in [-0.15, -0.1) is 0 Å². The van der Waals surface area contributed by atoms with Gasteiger partial charge in [-0.05, 0) is 68.7 Å². The zero-order chi connectivity index (χ0) is 20.3. The molecule has 148 valence electrons. The Kier molecular flexibility index (Phi) is 4.42. The summed E-state index contributed by atoms with van der Waals surface area (Å²) in [6, 6.07) is 18.4. The van der Waals surface area contributed by atoms with Crippen LogP contribution in [-0.4, -0.2) is 0 Å². The van der Waals surface area contributed by atoms with Crippen LogP contribution < -0.4 is 0 Å². The van der Waals surface area contributed by atoms with Crippen molar-refractivity contribution in [3.8, 4) is 0 Å². The van der Waals surface area contributed by atoms with E-state index in [0.717, 1.165) is 0 Å². The predicted molar refractivity (Wildman–Crippen MR) is 124 cm³/mol. The van der Waals surface area contributed by atoms with Gasteiger partial charge in [0.05, 0.1) is 0 Å². The summed E-state index contributed by atoms with van der Waals surface area (Å²) in [6.07, 6.45) is 3.68. The lowest BCUT2D eigenvalue weighted by atomic mass is 9.46. The van der Waals surface area contributed by atoms with Crippen molar-refractivity contribution in [2.24, 2.45) is 16.7 Å². The minimum absolute atomic E-state index is 0.207. The monoisotopic (exact) mass is 372 g/mol. The first kappa shape index (κ1) is 19.5. The summed E-state index contributed by atoms with van der Waals surface area (Å²) in [5.41, 5.74) is 3.97. The third-order valence-electron chi connectivity index (χ3n) is 7.74. The van der Waals surface area contributed by atoms with E-state index in [2.05, 4.69) is 97.0 Å². The third-order valence-corrected chi connectivity index (χ3v) is 7.74. The molecule has 1 aliphatic carbocycles. The second-order valence-electron chi connectivity index (χ2n) is 11.0. The molecule has 0 fully saturated rings. The van der Waals surface area contributed by atoms with E-state index in [1.165, 1.54) is 40.8 Å². The summed E-state index contributed by atoms with van der Waals surface area (Å²) in [4.78, 5) is 0. The highest BCUT2D eigenvalue weighted by atomic mass is 14.6. The van der Waals surface area contributed by atoms with Gasteiger partial charge in [0.2, 0.25) is 0 Å². The van der Waals surface area contributed by atoms with Crippen LogP contribution in [0.15, 0.2) is 48.5 Å². The summed E-state index contributed by atoms with van der Waals surface area (Å²) >= 11 is 0. The van der Waals surface area contributed by atoms with E-state index < -0.39 is 0 Å². The van der Waals surface area contributed by atoms with E-state index >= 15 is 0 Å². The topological polar surface area (TPSA) is 0 Å². The first-order valence-corrected chi connectivity index (χ1v) is 11.0. The molecular weight excluding hydrogens is 336 g/mol. The number of benzene rings is 3. The molecule has 0 aliphatic heterocycles. The van der Waals surface area contributed by atoms with Crippen LogP contribution >= 0.6 is 0 Å². The highest BCUT2D eigenvalue weighted by Crippen LogP contribution is 2.60. The molecule has 0 nitrogen and oxygen atoms in total. The Morgan fingerprint density at radius 3 is 2.14 bits per heavy atom. The first-order chi connectivity index (χ1) is 13.1. The maximum atomic E-state index is 2.50. The van der Waals surface area contributed by atoms with E-state index in [9.17, 15) is 0 Å². The van der Waals surface area contributed by atoms with E-state index in [1.54, 1.807) is 11.1 Å². The van der Waals surface area contributed by atoms with Gasteiger partial charge in [0.15, 0.2) is 0 Å². The lowest BCUT2D eigenvalue weighted by molar-refractivity contribution is 0.0130. The smallest absolute Gasteiger partial charge is 0.00351 e. The van der Waals surface area contributed by atoms with Crippen LogP contribution in [0.3, 0.4) is 0 Å². The molecule has 0 spiro atoms. The van der Waals surface area contributed by atoms with Crippen molar-refractivity contribution in [1.29, 1.82) is 0 Å². The van der Waals surface area contributed by atoms with Crippen molar-refractivity contribution in [3.05, 3.63) is 59.7 Å². The van der Waals surface area contributed by atoms with Crippen LogP contribution in [0.2, 0.25) is 0 Å². The predicted octanol–water partition coefficient (Wildman–Crippen LogP) is 8.30. The van der Waals surface area contributed by atoms with Crippen molar-refractivity contribution in [2.75, 3.05) is 0 Å². The molecule has 0 saturated heterocycles. The van der Waals surface area contributed by atoms with Crippen molar-refractivity contribution in [1.82, 2.24) is 0 Å². The van der Waals surface area contributed by atoms with Gasteiger partial charge < -0.3 is 0 Å². The molecule has 0 heterocycles. The number of aryl methyl sites for hydroxylation is 1. The van der Waals surface area contributed by atoms with Gasteiger partial charge in [-0.25, -0.2) is 0 Å². The van der Waals surface area contributed by atoms with Crippen LogP contribution in [0.5, 0.6) is 0 Å². The molecule has 0 saturated carbocycles. The standard InChI is InChI=1S/C28H36/c1-8-28(27(5,6)7)24-17-15-21-20-12-10-9-11-19(20)13-14-22(21)23(24)16-18-25(28)26(2,3)4/h9-15,17,25H,8,16,18H2,1-7H3. The Balaban J connectivity index is 2.07. The van der Waals surface area contributed by atoms with Gasteiger partial charge in [-0.1, -0.05) is 97.0 Å². The first-order valence-electron chi connectivity index (χ1n) is 11.0. The highest BCUT2D eigenvalue weighted by Gasteiger charge is 2.54. The molecule has 0 amide bonds. The average molecular weight is 373 g/mol. The number of hydrogen-bond donors (Lipinski definition) is 0. The Morgan fingerprint density at radius 2 is 1.50 bits per heavy atom. The van der Waals surface area contributed by atoms with Gasteiger partial charge in [-0.3, -0.25) is 0 Å². The quantitative estimate of drug-likeness (QED) is 0.377. The van der Waals surface area contributed by atoms with Gasteiger partial charge in [-0.2, -0.15) is 0 Å². The van der Waals surface area contributed by atoms with Gasteiger partial charge >= 0.3 is 0 Å². The molecule has 28 heavy (non-hydrogen) atoms. The SMILES string of the molecule is CCC1(C(C)(C)C)c2ccc3c(ccc4ccccc43)c2CCC1C(C)(C)C. The normalized spacial score (nSPS) is 23.2. The minimum Gasteiger partial charge on any atom is -0.0645 e. The second-order valence-corrected chi connectivity index (χ2v) is 11.0. The summed E-state index contributed by atoms with van der Waals surface area (Å²) in [7, 11) is 0. The van der Waals surface area contributed by atoms with Crippen molar-refractivity contribution in [3.63, 3.8) is 0 Å². The average Bonchev–Trinajstić information content (AvgIpc) is 2.64. The lowest BCUT2D eigenvalue weighted by Crippen LogP contribution is -2.53. The van der Waals surface area contributed by atoms with Gasteiger partial charge in [0, 0.05) is 5.41 Å². The number of hydrogen-bond acceptors (Lipinski definition) is 0. The Labute approximate surface area is 171 Å². The van der Waals surface area contributed by atoms with Gasteiger partial charge in [0.1, 0.15) is 0 Å². The molecule has 0 N–H and O–H groups in total. The van der Waals surface area contributed by atoms with Crippen molar-refractivity contribution in [2.45, 2.75) is 73.1 Å². The molecule has 0 aromatic heterocycles. The van der Waals surface area contributed by atoms with E-state index in [0.29, 0.717) is 11.3 Å². The van der Waals surface area contributed by atoms with Crippen LogP contribution in [0.4, 0.5) is 0 Å². The Bertz CT molecular complexity index is 1030. The largest absolute Gasteiger partial charge is 0.0645 e. The van der Waals surface area contributed by atoms with E-state index in [-0.39, 0.29) is 10.8 Å². The van der Waals surface area contributed by atoms with Crippen LogP contribution in [0, 0.1) is 16.7 Å². The zero-order valence-corrected chi connectivity index (χ0v) is 18.8. The molecular formula is C28H36. The second kappa shape index (κ2) is 6.34. The number of rotatable bonds is 1. The maximum absolute atomic E-state index is 2.50. The molecule has 2 unspecified atom stereocenters. The van der Waals surface area contributed by atoms with Crippen molar-refractivity contribution >= 4 is 21.5 Å². The third kappa shape index (κ3) is 2.64. The number of fused-ring (bicyclic) bond motifs is 5. The Hall–Kier alpha value is -1.82. The summed E-state index contributed by atoms with van der Waals surface area (Å²) in [6.45, 7) is 17.2.